The number of thiazole rings is 1. The highest BCUT2D eigenvalue weighted by molar-refractivity contribution is 7.17. The maximum atomic E-state index is 10.9. The zero-order valence-electron chi connectivity index (χ0n) is 15.8. The Hall–Kier alpha value is -1.92. The van der Waals surface area contributed by atoms with E-state index in [1.165, 1.54) is 17.5 Å². The highest BCUT2D eigenvalue weighted by Gasteiger charge is 2.33. The summed E-state index contributed by atoms with van der Waals surface area (Å²) in [5.74, 6) is 2.21. The van der Waals surface area contributed by atoms with Gasteiger partial charge in [-0.05, 0) is 37.7 Å². The minimum Gasteiger partial charge on any atom is -0.492 e. The molecule has 0 saturated carbocycles. The van der Waals surface area contributed by atoms with Crippen molar-refractivity contribution < 1.29 is 5.11 Å². The first-order chi connectivity index (χ1) is 12.4. The van der Waals surface area contributed by atoms with Crippen LogP contribution in [0.1, 0.15) is 48.1 Å². The third kappa shape index (κ3) is 3.12. The highest BCUT2D eigenvalue weighted by atomic mass is 32.1. The van der Waals surface area contributed by atoms with Gasteiger partial charge in [0.2, 0.25) is 10.8 Å². The Bertz CT molecular complexity index is 904. The fraction of sp³-hybridized carbons (Fsp3) is 0.500. The van der Waals surface area contributed by atoms with E-state index in [0.29, 0.717) is 17.7 Å². The Kier molecular flexibility index (Phi) is 4.49. The second-order valence-electron chi connectivity index (χ2n) is 7.86. The average molecular weight is 371 g/mol. The number of fused-ring (bicyclic) bond motifs is 1. The second-order valence-corrected chi connectivity index (χ2v) is 8.87. The van der Waals surface area contributed by atoms with E-state index in [1.54, 1.807) is 15.9 Å². The van der Waals surface area contributed by atoms with Crippen molar-refractivity contribution >= 4 is 16.3 Å². The summed E-state index contributed by atoms with van der Waals surface area (Å²) >= 11 is 1.55. The van der Waals surface area contributed by atoms with E-state index in [9.17, 15) is 5.11 Å². The molecular formula is C20H26N4OS. The van der Waals surface area contributed by atoms with Crippen molar-refractivity contribution in [2.24, 2.45) is 11.8 Å². The fourth-order valence-electron chi connectivity index (χ4n) is 4.22. The van der Waals surface area contributed by atoms with Crippen molar-refractivity contribution in [1.82, 2.24) is 19.5 Å². The number of piperidine rings is 1. The van der Waals surface area contributed by atoms with Crippen molar-refractivity contribution in [3.05, 3.63) is 46.1 Å². The van der Waals surface area contributed by atoms with E-state index in [0.717, 1.165) is 22.9 Å². The van der Waals surface area contributed by atoms with Crippen LogP contribution < -0.4 is 0 Å². The van der Waals surface area contributed by atoms with Crippen molar-refractivity contribution in [2.45, 2.75) is 40.2 Å². The first kappa shape index (κ1) is 17.5. The zero-order chi connectivity index (χ0) is 18.4. The van der Waals surface area contributed by atoms with E-state index in [1.807, 2.05) is 6.92 Å². The standard InChI is InChI=1S/C20H26N4OS/c1-12-5-7-16(8-6-12)17(23-10-13(2)9-14(3)11-23)18-19(25)24-20(26-18)21-15(4)22-24/h5-8,13-14,17,25H,9-11H2,1-4H3/t13-,14+,17-/m1/s1. The van der Waals surface area contributed by atoms with Crippen LogP contribution in [-0.4, -0.2) is 37.7 Å². The lowest BCUT2D eigenvalue weighted by molar-refractivity contribution is 0.112. The third-order valence-corrected chi connectivity index (χ3v) is 6.28. The van der Waals surface area contributed by atoms with Gasteiger partial charge in [0, 0.05) is 13.1 Å². The molecule has 0 bridgehead atoms. The first-order valence-corrected chi connectivity index (χ1v) is 10.1. The van der Waals surface area contributed by atoms with Gasteiger partial charge in [0.1, 0.15) is 5.82 Å². The van der Waals surface area contributed by atoms with E-state index in [-0.39, 0.29) is 11.9 Å². The maximum Gasteiger partial charge on any atom is 0.230 e. The molecule has 1 saturated heterocycles. The lowest BCUT2D eigenvalue weighted by atomic mass is 9.89. The average Bonchev–Trinajstić information content (AvgIpc) is 3.07. The van der Waals surface area contributed by atoms with Crippen LogP contribution in [0.4, 0.5) is 0 Å². The molecule has 26 heavy (non-hydrogen) atoms. The number of aromatic hydroxyl groups is 1. The molecule has 5 nitrogen and oxygen atoms in total. The molecular weight excluding hydrogens is 344 g/mol. The molecule has 1 aliphatic heterocycles. The topological polar surface area (TPSA) is 53.7 Å². The number of benzene rings is 1. The van der Waals surface area contributed by atoms with Crippen molar-refractivity contribution in [1.29, 1.82) is 0 Å². The lowest BCUT2D eigenvalue weighted by Gasteiger charge is -2.40. The van der Waals surface area contributed by atoms with E-state index < -0.39 is 0 Å². The number of aromatic nitrogens is 3. The molecule has 2 aromatic heterocycles. The quantitative estimate of drug-likeness (QED) is 0.751. The lowest BCUT2D eigenvalue weighted by Crippen LogP contribution is -2.41. The predicted octanol–water partition coefficient (Wildman–Crippen LogP) is 4.18. The minimum atomic E-state index is 0.0367. The van der Waals surface area contributed by atoms with E-state index in [2.05, 4.69) is 60.0 Å². The van der Waals surface area contributed by atoms with Crippen LogP contribution in [0.25, 0.3) is 4.96 Å². The number of nitrogens with zero attached hydrogens (tertiary/aromatic N) is 4. The summed E-state index contributed by atoms with van der Waals surface area (Å²) in [6.45, 7) is 10.7. The number of aryl methyl sites for hydroxylation is 2. The summed E-state index contributed by atoms with van der Waals surface area (Å²) in [5.41, 5.74) is 2.46. The van der Waals surface area contributed by atoms with Crippen LogP contribution in [0.3, 0.4) is 0 Å². The second kappa shape index (κ2) is 6.67. The highest BCUT2D eigenvalue weighted by Crippen LogP contribution is 2.41. The molecule has 1 aromatic carbocycles. The third-order valence-electron chi connectivity index (χ3n) is 5.21. The minimum absolute atomic E-state index is 0.0367. The number of rotatable bonds is 3. The van der Waals surface area contributed by atoms with Crippen molar-refractivity contribution in [2.75, 3.05) is 13.1 Å². The molecule has 3 atom stereocenters. The summed E-state index contributed by atoms with van der Waals surface area (Å²) in [6, 6.07) is 8.71. The molecule has 138 valence electrons. The van der Waals surface area contributed by atoms with Gasteiger partial charge in [0.25, 0.3) is 0 Å². The fourth-order valence-corrected chi connectivity index (χ4v) is 5.39. The molecule has 4 rings (SSSR count). The van der Waals surface area contributed by atoms with Gasteiger partial charge in [0.05, 0.1) is 10.9 Å². The molecule has 6 heteroatoms. The van der Waals surface area contributed by atoms with Gasteiger partial charge >= 0.3 is 0 Å². The van der Waals surface area contributed by atoms with Crippen LogP contribution in [0.2, 0.25) is 0 Å². The smallest absolute Gasteiger partial charge is 0.230 e. The summed E-state index contributed by atoms with van der Waals surface area (Å²) in [6.07, 6.45) is 1.26. The van der Waals surface area contributed by atoms with Crippen LogP contribution in [0.5, 0.6) is 5.88 Å². The van der Waals surface area contributed by atoms with Crippen LogP contribution in [0, 0.1) is 25.7 Å². The van der Waals surface area contributed by atoms with Gasteiger partial charge in [0.15, 0.2) is 0 Å². The molecule has 0 aliphatic carbocycles. The van der Waals surface area contributed by atoms with Gasteiger partial charge in [-0.2, -0.15) is 4.52 Å². The molecule has 0 spiro atoms. The molecule has 3 aromatic rings. The molecule has 0 unspecified atom stereocenters. The molecule has 1 aliphatic rings. The van der Waals surface area contributed by atoms with Crippen LogP contribution >= 0.6 is 11.3 Å². The molecule has 0 amide bonds. The van der Waals surface area contributed by atoms with Crippen LogP contribution in [-0.2, 0) is 0 Å². The molecule has 0 radical (unpaired) electrons. The summed E-state index contributed by atoms with van der Waals surface area (Å²) in [4.78, 5) is 8.66. The summed E-state index contributed by atoms with van der Waals surface area (Å²) in [5, 5.41) is 15.2. The Morgan fingerprint density at radius 2 is 1.77 bits per heavy atom. The van der Waals surface area contributed by atoms with Crippen LogP contribution in [0.15, 0.2) is 24.3 Å². The van der Waals surface area contributed by atoms with Crippen molar-refractivity contribution in [3.8, 4) is 5.88 Å². The van der Waals surface area contributed by atoms with E-state index in [4.69, 9.17) is 0 Å². The van der Waals surface area contributed by atoms with E-state index >= 15 is 0 Å². The summed E-state index contributed by atoms with van der Waals surface area (Å²) < 4.78 is 1.58. The first-order valence-electron chi connectivity index (χ1n) is 9.28. The number of hydrogen-bond acceptors (Lipinski definition) is 5. The molecule has 1 N–H and O–H groups in total. The zero-order valence-corrected chi connectivity index (χ0v) is 16.6. The largest absolute Gasteiger partial charge is 0.492 e. The monoisotopic (exact) mass is 370 g/mol. The van der Waals surface area contributed by atoms with Gasteiger partial charge < -0.3 is 5.11 Å². The van der Waals surface area contributed by atoms with Gasteiger partial charge in [-0.1, -0.05) is 55.0 Å². The predicted molar refractivity (Wildman–Crippen MR) is 105 cm³/mol. The summed E-state index contributed by atoms with van der Waals surface area (Å²) in [7, 11) is 0. The normalized spacial score (nSPS) is 22.8. The number of likely N-dealkylation sites (tertiary alicyclic amines) is 1. The van der Waals surface area contributed by atoms with Gasteiger partial charge in [-0.25, -0.2) is 4.98 Å². The number of hydrogen-bond donors (Lipinski definition) is 1. The Morgan fingerprint density at radius 1 is 1.12 bits per heavy atom. The van der Waals surface area contributed by atoms with Crippen molar-refractivity contribution in [3.63, 3.8) is 0 Å². The SMILES string of the molecule is Cc1ccc([C@H](c2sc3nc(C)nn3c2O)N2C[C@H](C)C[C@H](C)C2)cc1. The Balaban J connectivity index is 1.82. The Labute approximate surface area is 158 Å². The molecule has 3 heterocycles. The van der Waals surface area contributed by atoms with Gasteiger partial charge in [-0.3, -0.25) is 4.90 Å². The maximum absolute atomic E-state index is 10.9. The molecule has 1 fully saturated rings. The van der Waals surface area contributed by atoms with Gasteiger partial charge in [-0.15, -0.1) is 5.10 Å². The Morgan fingerprint density at radius 3 is 2.38 bits per heavy atom.